The van der Waals surface area contributed by atoms with Crippen molar-refractivity contribution in [2.45, 2.75) is 31.2 Å². The zero-order chi connectivity index (χ0) is 10.3. The first-order chi connectivity index (χ1) is 7.33. The van der Waals surface area contributed by atoms with Crippen molar-refractivity contribution in [3.8, 4) is 0 Å². The number of nitrogens with zero attached hydrogens (tertiary/aromatic N) is 1. The maximum atomic E-state index is 5.94. The van der Waals surface area contributed by atoms with E-state index in [1.807, 2.05) is 11.8 Å². The fraction of sp³-hybridized carbons (Fsp3) is 0.583. The maximum absolute atomic E-state index is 5.94. The van der Waals surface area contributed by atoms with Crippen LogP contribution in [0, 0.1) is 0 Å². The van der Waals surface area contributed by atoms with Crippen molar-refractivity contribution in [3.05, 3.63) is 29.1 Å². The molecule has 1 saturated heterocycles. The van der Waals surface area contributed by atoms with Crippen molar-refractivity contribution in [3.63, 3.8) is 0 Å². The molecule has 2 unspecified atom stereocenters. The minimum Gasteiger partial charge on any atom is -0.327 e. The zero-order valence-corrected chi connectivity index (χ0v) is 9.59. The number of thioether (sulfide) groups is 1. The quantitative estimate of drug-likeness (QED) is 0.783. The summed E-state index contributed by atoms with van der Waals surface area (Å²) >= 11 is 2.05. The molecule has 2 atom stereocenters. The smallest absolute Gasteiger partial charge is 0.0455 e. The largest absolute Gasteiger partial charge is 0.327 e. The molecule has 2 N–H and O–H groups in total. The van der Waals surface area contributed by atoms with Crippen LogP contribution in [0.3, 0.4) is 0 Å². The molecule has 1 aromatic rings. The maximum Gasteiger partial charge on any atom is 0.0455 e. The molecule has 0 bridgehead atoms. The molecule has 15 heavy (non-hydrogen) atoms. The van der Waals surface area contributed by atoms with E-state index < -0.39 is 0 Å². The summed E-state index contributed by atoms with van der Waals surface area (Å²) in [7, 11) is 0. The molecule has 3 heteroatoms. The topological polar surface area (TPSA) is 38.9 Å². The lowest BCUT2D eigenvalue weighted by Crippen LogP contribution is -2.19. The van der Waals surface area contributed by atoms with Gasteiger partial charge >= 0.3 is 0 Å². The summed E-state index contributed by atoms with van der Waals surface area (Å²) in [5.41, 5.74) is 9.88. The normalized spacial score (nSPS) is 29.4. The second kappa shape index (κ2) is 3.80. The highest BCUT2D eigenvalue weighted by Gasteiger charge is 2.23. The van der Waals surface area contributed by atoms with Crippen molar-refractivity contribution in [2.75, 3.05) is 11.5 Å². The molecule has 2 heterocycles. The molecule has 0 aromatic carbocycles. The van der Waals surface area contributed by atoms with E-state index in [1.54, 1.807) is 0 Å². The monoisotopic (exact) mass is 220 g/mol. The number of rotatable bonds is 1. The van der Waals surface area contributed by atoms with E-state index in [9.17, 15) is 0 Å². The first kappa shape index (κ1) is 9.67. The molecule has 1 fully saturated rings. The summed E-state index contributed by atoms with van der Waals surface area (Å²) in [6.45, 7) is 0. The van der Waals surface area contributed by atoms with E-state index in [0.29, 0.717) is 12.0 Å². The lowest BCUT2D eigenvalue weighted by atomic mass is 10.0. The number of pyridine rings is 1. The molecule has 2 nitrogen and oxygen atoms in total. The Morgan fingerprint density at radius 1 is 1.33 bits per heavy atom. The Labute approximate surface area is 94.7 Å². The highest BCUT2D eigenvalue weighted by Crippen LogP contribution is 2.32. The average molecular weight is 220 g/mol. The van der Waals surface area contributed by atoms with Gasteiger partial charge in [-0.05, 0) is 30.2 Å². The van der Waals surface area contributed by atoms with Gasteiger partial charge in [0, 0.05) is 35.5 Å². The zero-order valence-electron chi connectivity index (χ0n) is 8.78. The fourth-order valence-corrected chi connectivity index (χ4v) is 3.75. The van der Waals surface area contributed by atoms with Gasteiger partial charge in [-0.1, -0.05) is 6.07 Å². The first-order valence-corrected chi connectivity index (χ1v) is 6.80. The van der Waals surface area contributed by atoms with Crippen LogP contribution in [0.15, 0.2) is 12.1 Å². The highest BCUT2D eigenvalue weighted by atomic mass is 32.2. The SMILES string of the molecule is NC1Cc2ccc(C3CCSC3)nc2C1. The Morgan fingerprint density at radius 2 is 2.27 bits per heavy atom. The third kappa shape index (κ3) is 1.79. The van der Waals surface area contributed by atoms with Crippen molar-refractivity contribution in [1.29, 1.82) is 0 Å². The van der Waals surface area contributed by atoms with Gasteiger partial charge in [-0.2, -0.15) is 11.8 Å². The Morgan fingerprint density at radius 3 is 3.07 bits per heavy atom. The Bertz CT molecular complexity index is 372. The molecular weight excluding hydrogens is 204 g/mol. The summed E-state index contributed by atoms with van der Waals surface area (Å²) in [5.74, 6) is 3.23. The van der Waals surface area contributed by atoms with Crippen molar-refractivity contribution < 1.29 is 0 Å². The van der Waals surface area contributed by atoms with E-state index in [4.69, 9.17) is 10.7 Å². The number of fused-ring (bicyclic) bond motifs is 1. The van der Waals surface area contributed by atoms with E-state index in [0.717, 1.165) is 12.8 Å². The minimum atomic E-state index is 0.306. The Balaban J connectivity index is 1.89. The molecular formula is C12H16N2S. The van der Waals surface area contributed by atoms with Crippen LogP contribution in [0.4, 0.5) is 0 Å². The molecule has 1 aliphatic carbocycles. The van der Waals surface area contributed by atoms with Gasteiger partial charge in [-0.15, -0.1) is 0 Å². The van der Waals surface area contributed by atoms with Crippen LogP contribution < -0.4 is 5.73 Å². The van der Waals surface area contributed by atoms with E-state index >= 15 is 0 Å². The van der Waals surface area contributed by atoms with Crippen LogP contribution >= 0.6 is 11.8 Å². The molecule has 1 aliphatic heterocycles. The summed E-state index contributed by atoms with van der Waals surface area (Å²) < 4.78 is 0. The van der Waals surface area contributed by atoms with Crippen LogP contribution in [-0.2, 0) is 12.8 Å². The second-order valence-electron chi connectivity index (χ2n) is 4.57. The van der Waals surface area contributed by atoms with E-state index in [-0.39, 0.29) is 0 Å². The average Bonchev–Trinajstić information content (AvgIpc) is 2.82. The lowest BCUT2D eigenvalue weighted by Gasteiger charge is -2.09. The van der Waals surface area contributed by atoms with Crippen LogP contribution in [0.2, 0.25) is 0 Å². The van der Waals surface area contributed by atoms with Gasteiger partial charge in [0.05, 0.1) is 0 Å². The minimum absolute atomic E-state index is 0.306. The molecule has 80 valence electrons. The number of aromatic nitrogens is 1. The number of hydrogen-bond acceptors (Lipinski definition) is 3. The van der Waals surface area contributed by atoms with Crippen LogP contribution in [0.1, 0.15) is 29.3 Å². The van der Waals surface area contributed by atoms with Gasteiger partial charge in [0.1, 0.15) is 0 Å². The van der Waals surface area contributed by atoms with Gasteiger partial charge in [-0.25, -0.2) is 0 Å². The summed E-state index contributed by atoms with van der Waals surface area (Å²) in [5, 5.41) is 0. The van der Waals surface area contributed by atoms with Crippen LogP contribution in [-0.4, -0.2) is 22.5 Å². The molecule has 0 radical (unpaired) electrons. The lowest BCUT2D eigenvalue weighted by molar-refractivity contribution is 0.708. The fourth-order valence-electron chi connectivity index (χ4n) is 2.51. The predicted molar refractivity (Wildman–Crippen MR) is 64.3 cm³/mol. The van der Waals surface area contributed by atoms with Gasteiger partial charge in [0.25, 0.3) is 0 Å². The summed E-state index contributed by atoms with van der Waals surface area (Å²) in [6.07, 6.45) is 3.29. The Hall–Kier alpha value is -0.540. The highest BCUT2D eigenvalue weighted by molar-refractivity contribution is 7.99. The van der Waals surface area contributed by atoms with Crippen molar-refractivity contribution in [1.82, 2.24) is 4.98 Å². The third-order valence-corrected chi connectivity index (χ3v) is 4.54. The molecule has 1 aromatic heterocycles. The predicted octanol–water partition coefficient (Wildman–Crippen LogP) is 1.73. The van der Waals surface area contributed by atoms with Gasteiger partial charge < -0.3 is 5.73 Å². The van der Waals surface area contributed by atoms with Crippen molar-refractivity contribution >= 4 is 11.8 Å². The summed E-state index contributed by atoms with van der Waals surface area (Å²) in [4.78, 5) is 4.79. The van der Waals surface area contributed by atoms with E-state index in [2.05, 4.69) is 12.1 Å². The third-order valence-electron chi connectivity index (χ3n) is 3.38. The molecule has 0 amide bonds. The van der Waals surface area contributed by atoms with Gasteiger partial charge in [-0.3, -0.25) is 4.98 Å². The molecule has 0 spiro atoms. The van der Waals surface area contributed by atoms with Crippen molar-refractivity contribution in [2.24, 2.45) is 5.73 Å². The summed E-state index contributed by atoms with van der Waals surface area (Å²) in [6, 6.07) is 4.77. The van der Waals surface area contributed by atoms with Gasteiger partial charge in [0.2, 0.25) is 0 Å². The Kier molecular flexibility index (Phi) is 2.45. The number of hydrogen-bond donors (Lipinski definition) is 1. The van der Waals surface area contributed by atoms with Gasteiger partial charge in [0.15, 0.2) is 0 Å². The van der Waals surface area contributed by atoms with Crippen LogP contribution in [0.25, 0.3) is 0 Å². The molecule has 3 rings (SSSR count). The molecule has 0 saturated carbocycles. The second-order valence-corrected chi connectivity index (χ2v) is 5.72. The number of nitrogens with two attached hydrogens (primary N) is 1. The van der Waals surface area contributed by atoms with E-state index in [1.165, 1.54) is 34.9 Å². The standard InChI is InChI=1S/C12H16N2S/c13-10-5-8-1-2-11(14-12(8)6-10)9-3-4-15-7-9/h1-2,9-10H,3-7,13H2. The molecule has 2 aliphatic rings. The first-order valence-electron chi connectivity index (χ1n) is 5.65. The van der Waals surface area contributed by atoms with Crippen LogP contribution in [0.5, 0.6) is 0 Å².